The first-order valence-electron chi connectivity index (χ1n) is 8.13. The van der Waals surface area contributed by atoms with E-state index < -0.39 is 0 Å². The molecule has 0 spiro atoms. The molecule has 0 aliphatic carbocycles. The van der Waals surface area contributed by atoms with Gasteiger partial charge in [-0.1, -0.05) is 22.0 Å². The molecular weight excluding hydrogens is 507 g/mol. The number of aryl methyl sites for hydroxylation is 2. The van der Waals surface area contributed by atoms with Crippen LogP contribution in [0.25, 0.3) is 0 Å². The summed E-state index contributed by atoms with van der Waals surface area (Å²) in [4.78, 5) is 16.2. The van der Waals surface area contributed by atoms with Gasteiger partial charge in [-0.05, 0) is 67.8 Å². The Hall–Kier alpha value is -1.61. The zero-order valence-corrected chi connectivity index (χ0v) is 18.8. The predicted octanol–water partition coefficient (Wildman–Crippen LogP) is 4.23. The lowest BCUT2D eigenvalue weighted by atomic mass is 10.1. The first-order valence-corrected chi connectivity index (χ1v) is 8.93. The van der Waals surface area contributed by atoms with Crippen LogP contribution in [0.5, 0.6) is 0 Å². The number of rotatable bonds is 6. The molecule has 0 bridgehead atoms. The van der Waals surface area contributed by atoms with Gasteiger partial charge in [-0.15, -0.1) is 24.0 Å². The summed E-state index contributed by atoms with van der Waals surface area (Å²) < 4.78 is 0.949. The summed E-state index contributed by atoms with van der Waals surface area (Å²) in [7, 11) is 0. The third kappa shape index (κ3) is 7.33. The third-order valence-corrected chi connectivity index (χ3v) is 4.32. The molecule has 0 saturated heterocycles. The number of benzene rings is 2. The van der Waals surface area contributed by atoms with E-state index in [4.69, 9.17) is 5.73 Å². The zero-order chi connectivity index (χ0) is 18.2. The van der Waals surface area contributed by atoms with Crippen molar-refractivity contribution in [1.82, 2.24) is 5.32 Å². The summed E-state index contributed by atoms with van der Waals surface area (Å²) in [5, 5.41) is 5.95. The molecular formula is C19H24BrIN4O. The summed E-state index contributed by atoms with van der Waals surface area (Å²) in [5.41, 5.74) is 9.89. The van der Waals surface area contributed by atoms with Crippen molar-refractivity contribution in [2.75, 3.05) is 18.4 Å². The Bertz CT molecular complexity index is 763. The van der Waals surface area contributed by atoms with E-state index in [0.29, 0.717) is 24.6 Å². The molecule has 0 saturated carbocycles. The number of anilines is 1. The minimum atomic E-state index is -0.0855. The highest BCUT2D eigenvalue weighted by molar-refractivity contribution is 14.0. The summed E-state index contributed by atoms with van der Waals surface area (Å²) in [6.07, 6.45) is 0.720. The maximum Gasteiger partial charge on any atom is 0.251 e. The number of carbonyl (C=O) groups is 1. The van der Waals surface area contributed by atoms with Gasteiger partial charge in [0.15, 0.2) is 5.96 Å². The second kappa shape index (κ2) is 11.2. The Kier molecular flexibility index (Phi) is 9.64. The summed E-state index contributed by atoms with van der Waals surface area (Å²) in [6, 6.07) is 13.3. The number of amides is 1. The van der Waals surface area contributed by atoms with E-state index >= 15 is 0 Å². The normalized spacial score (nSPS) is 10.8. The van der Waals surface area contributed by atoms with Crippen molar-refractivity contribution in [3.8, 4) is 0 Å². The fourth-order valence-corrected chi connectivity index (χ4v) is 2.45. The first kappa shape index (κ1) is 22.4. The van der Waals surface area contributed by atoms with Gasteiger partial charge < -0.3 is 16.4 Å². The number of hydrogen-bond donors (Lipinski definition) is 3. The van der Waals surface area contributed by atoms with Crippen molar-refractivity contribution in [1.29, 1.82) is 0 Å². The number of nitrogens with one attached hydrogen (secondary N) is 2. The van der Waals surface area contributed by atoms with E-state index in [0.717, 1.165) is 16.6 Å². The molecule has 0 fully saturated rings. The molecule has 0 atom stereocenters. The van der Waals surface area contributed by atoms with E-state index in [2.05, 4.69) is 45.4 Å². The zero-order valence-electron chi connectivity index (χ0n) is 14.9. The average Bonchev–Trinajstić information content (AvgIpc) is 2.58. The predicted molar refractivity (Wildman–Crippen MR) is 123 cm³/mol. The van der Waals surface area contributed by atoms with Crippen LogP contribution in [-0.4, -0.2) is 25.0 Å². The second-order valence-electron chi connectivity index (χ2n) is 5.81. The van der Waals surface area contributed by atoms with Gasteiger partial charge in [-0.3, -0.25) is 9.79 Å². The minimum absolute atomic E-state index is 0. The highest BCUT2D eigenvalue weighted by Gasteiger charge is 2.03. The number of hydrogen-bond acceptors (Lipinski definition) is 2. The van der Waals surface area contributed by atoms with E-state index in [9.17, 15) is 4.79 Å². The maximum absolute atomic E-state index is 12.0. The minimum Gasteiger partial charge on any atom is -0.370 e. The quantitative estimate of drug-likeness (QED) is 0.226. The molecule has 1 amide bonds. The van der Waals surface area contributed by atoms with E-state index in [1.165, 1.54) is 11.1 Å². The molecule has 4 N–H and O–H groups in total. The Balaban J connectivity index is 0.00000338. The van der Waals surface area contributed by atoms with Crippen LogP contribution < -0.4 is 16.4 Å². The number of nitrogens with two attached hydrogens (primary N) is 1. The maximum atomic E-state index is 12.0. The molecule has 0 radical (unpaired) electrons. The fourth-order valence-electron chi connectivity index (χ4n) is 2.19. The van der Waals surface area contributed by atoms with Crippen molar-refractivity contribution < 1.29 is 4.79 Å². The summed E-state index contributed by atoms with van der Waals surface area (Å²) >= 11 is 3.35. The van der Waals surface area contributed by atoms with Crippen LogP contribution in [-0.2, 0) is 0 Å². The molecule has 0 unspecified atom stereocenters. The van der Waals surface area contributed by atoms with Gasteiger partial charge in [0.1, 0.15) is 0 Å². The third-order valence-electron chi connectivity index (χ3n) is 3.79. The SMILES string of the molecule is Cc1ccc(NC(N)=NCCCNC(=O)c2ccc(Br)cc2)cc1C.I. The smallest absolute Gasteiger partial charge is 0.251 e. The van der Waals surface area contributed by atoms with Gasteiger partial charge in [-0.25, -0.2) is 0 Å². The molecule has 0 aromatic heterocycles. The van der Waals surface area contributed by atoms with Gasteiger partial charge in [0.05, 0.1) is 0 Å². The fraction of sp³-hybridized carbons (Fsp3) is 0.263. The number of guanidine groups is 1. The number of nitrogens with zero attached hydrogens (tertiary/aromatic N) is 1. The lowest BCUT2D eigenvalue weighted by Gasteiger charge is -2.08. The molecule has 2 aromatic rings. The van der Waals surface area contributed by atoms with Gasteiger partial charge in [0.25, 0.3) is 5.91 Å². The largest absolute Gasteiger partial charge is 0.370 e. The highest BCUT2D eigenvalue weighted by Crippen LogP contribution is 2.13. The van der Waals surface area contributed by atoms with Crippen LogP contribution in [0.2, 0.25) is 0 Å². The van der Waals surface area contributed by atoms with Crippen molar-refractivity contribution in [2.45, 2.75) is 20.3 Å². The molecule has 2 aromatic carbocycles. The molecule has 2 rings (SSSR count). The van der Waals surface area contributed by atoms with Crippen molar-refractivity contribution in [3.05, 3.63) is 63.6 Å². The number of carbonyl (C=O) groups excluding carboxylic acids is 1. The molecule has 7 heteroatoms. The molecule has 0 aliphatic heterocycles. The van der Waals surface area contributed by atoms with Gasteiger partial charge in [0, 0.05) is 28.8 Å². The van der Waals surface area contributed by atoms with Crippen LogP contribution in [0, 0.1) is 13.8 Å². The van der Waals surface area contributed by atoms with E-state index in [1.54, 1.807) is 12.1 Å². The molecule has 5 nitrogen and oxygen atoms in total. The molecule has 0 aliphatic rings. The van der Waals surface area contributed by atoms with Crippen molar-refractivity contribution in [3.63, 3.8) is 0 Å². The van der Waals surface area contributed by atoms with Crippen LogP contribution in [0.3, 0.4) is 0 Å². The second-order valence-corrected chi connectivity index (χ2v) is 6.72. The van der Waals surface area contributed by atoms with Crippen LogP contribution in [0.4, 0.5) is 5.69 Å². The summed E-state index contributed by atoms with van der Waals surface area (Å²) in [5.74, 6) is 0.292. The van der Waals surface area contributed by atoms with E-state index in [-0.39, 0.29) is 29.9 Å². The van der Waals surface area contributed by atoms with Crippen molar-refractivity contribution >= 4 is 57.5 Å². The Morgan fingerprint density at radius 1 is 1.12 bits per heavy atom. The first-order chi connectivity index (χ1) is 12.0. The molecule has 0 heterocycles. The lowest BCUT2D eigenvalue weighted by molar-refractivity contribution is 0.0953. The number of aliphatic imine (C=N–C) groups is 1. The van der Waals surface area contributed by atoms with Crippen LogP contribution in [0.1, 0.15) is 27.9 Å². The summed E-state index contributed by atoms with van der Waals surface area (Å²) in [6.45, 7) is 5.22. The Morgan fingerprint density at radius 2 is 1.81 bits per heavy atom. The molecule has 140 valence electrons. The lowest BCUT2D eigenvalue weighted by Crippen LogP contribution is -2.26. The highest BCUT2D eigenvalue weighted by atomic mass is 127. The van der Waals surface area contributed by atoms with Crippen LogP contribution >= 0.6 is 39.9 Å². The van der Waals surface area contributed by atoms with Gasteiger partial charge in [0.2, 0.25) is 0 Å². The topological polar surface area (TPSA) is 79.5 Å². The monoisotopic (exact) mass is 530 g/mol. The van der Waals surface area contributed by atoms with E-state index in [1.807, 2.05) is 30.3 Å². The standard InChI is InChI=1S/C19H23BrN4O.HI/c1-13-4-9-17(12-14(13)2)24-19(21)23-11-3-10-22-18(25)15-5-7-16(20)8-6-15;/h4-9,12H,3,10-11H2,1-2H3,(H,22,25)(H3,21,23,24);1H. The van der Waals surface area contributed by atoms with Crippen LogP contribution in [0.15, 0.2) is 51.9 Å². The Labute approximate surface area is 180 Å². The average molecular weight is 531 g/mol. The molecule has 26 heavy (non-hydrogen) atoms. The number of halogens is 2. The van der Waals surface area contributed by atoms with Crippen molar-refractivity contribution in [2.24, 2.45) is 10.7 Å². The Morgan fingerprint density at radius 3 is 2.46 bits per heavy atom. The van der Waals surface area contributed by atoms with Gasteiger partial charge in [-0.2, -0.15) is 0 Å². The van der Waals surface area contributed by atoms with Gasteiger partial charge >= 0.3 is 0 Å².